The number of thiophene rings is 1. The van der Waals surface area contributed by atoms with E-state index in [9.17, 15) is 5.11 Å². The van der Waals surface area contributed by atoms with Gasteiger partial charge in [-0.25, -0.2) is 0 Å². The van der Waals surface area contributed by atoms with Crippen molar-refractivity contribution in [2.75, 3.05) is 20.3 Å². The monoisotopic (exact) mass is 257 g/mol. The zero-order valence-electron chi connectivity index (χ0n) is 10.8. The van der Waals surface area contributed by atoms with Crippen LogP contribution in [0.15, 0.2) is 17.5 Å². The summed E-state index contributed by atoms with van der Waals surface area (Å²) in [7, 11) is 1.71. The molecule has 2 atom stereocenters. The summed E-state index contributed by atoms with van der Waals surface area (Å²) in [6.45, 7) is 5.89. The van der Waals surface area contributed by atoms with E-state index in [4.69, 9.17) is 4.74 Å². The molecule has 0 saturated carbocycles. The fraction of sp³-hybridized carbons (Fsp3) is 0.692. The van der Waals surface area contributed by atoms with Crippen molar-refractivity contribution in [3.63, 3.8) is 0 Å². The molecular weight excluding hydrogens is 234 g/mol. The van der Waals surface area contributed by atoms with Crippen LogP contribution in [0.1, 0.15) is 31.2 Å². The van der Waals surface area contributed by atoms with E-state index in [0.717, 1.165) is 24.4 Å². The lowest BCUT2D eigenvalue weighted by Crippen LogP contribution is -2.39. The van der Waals surface area contributed by atoms with Gasteiger partial charge in [0.25, 0.3) is 0 Å². The first-order chi connectivity index (χ1) is 8.16. The molecule has 0 aliphatic carbocycles. The number of aliphatic hydroxyl groups is 1. The van der Waals surface area contributed by atoms with Crippen LogP contribution in [0.4, 0.5) is 0 Å². The van der Waals surface area contributed by atoms with Gasteiger partial charge in [0.1, 0.15) is 6.10 Å². The minimum Gasteiger partial charge on any atom is -0.386 e. The van der Waals surface area contributed by atoms with Crippen LogP contribution in [-0.2, 0) is 4.74 Å². The van der Waals surface area contributed by atoms with Crippen LogP contribution in [0.3, 0.4) is 0 Å². The zero-order chi connectivity index (χ0) is 12.7. The molecule has 1 rings (SSSR count). The van der Waals surface area contributed by atoms with Crippen LogP contribution < -0.4 is 5.32 Å². The van der Waals surface area contributed by atoms with E-state index in [2.05, 4.69) is 19.2 Å². The summed E-state index contributed by atoms with van der Waals surface area (Å²) in [5.74, 6) is 0.398. The number of ether oxygens (including phenoxy) is 1. The standard InChI is InChI=1S/C13H23NO2S/c1-10(2)12(14-7-5-8-16-3)13(15)11-6-4-9-17-11/h4,6,9-10,12-15H,5,7-8H2,1-3H3. The minimum atomic E-state index is -0.419. The van der Waals surface area contributed by atoms with E-state index in [-0.39, 0.29) is 6.04 Å². The lowest BCUT2D eigenvalue weighted by molar-refractivity contribution is 0.106. The van der Waals surface area contributed by atoms with Crippen LogP contribution in [0.2, 0.25) is 0 Å². The highest BCUT2D eigenvalue weighted by molar-refractivity contribution is 7.10. The highest BCUT2D eigenvalue weighted by Gasteiger charge is 2.23. The van der Waals surface area contributed by atoms with E-state index in [1.807, 2.05) is 17.5 Å². The van der Waals surface area contributed by atoms with Crippen LogP contribution in [0.5, 0.6) is 0 Å². The van der Waals surface area contributed by atoms with Crippen LogP contribution >= 0.6 is 11.3 Å². The van der Waals surface area contributed by atoms with Crippen molar-refractivity contribution in [3.05, 3.63) is 22.4 Å². The fourth-order valence-electron chi connectivity index (χ4n) is 1.83. The number of hydrogen-bond acceptors (Lipinski definition) is 4. The van der Waals surface area contributed by atoms with Crippen molar-refractivity contribution in [2.24, 2.45) is 5.92 Å². The van der Waals surface area contributed by atoms with Gasteiger partial charge < -0.3 is 15.2 Å². The first kappa shape index (κ1) is 14.6. The van der Waals surface area contributed by atoms with Gasteiger partial charge in [-0.2, -0.15) is 0 Å². The molecule has 0 radical (unpaired) electrons. The van der Waals surface area contributed by atoms with Crippen molar-refractivity contribution in [1.29, 1.82) is 0 Å². The molecule has 0 fully saturated rings. The van der Waals surface area contributed by atoms with Gasteiger partial charge in [0.2, 0.25) is 0 Å². The van der Waals surface area contributed by atoms with Crippen molar-refractivity contribution in [2.45, 2.75) is 32.4 Å². The molecule has 0 amide bonds. The summed E-state index contributed by atoms with van der Waals surface area (Å²) in [5, 5.41) is 15.7. The number of hydrogen-bond donors (Lipinski definition) is 2. The first-order valence-electron chi connectivity index (χ1n) is 6.10. The van der Waals surface area contributed by atoms with E-state index < -0.39 is 6.10 Å². The van der Waals surface area contributed by atoms with Gasteiger partial charge in [0, 0.05) is 24.6 Å². The maximum absolute atomic E-state index is 10.3. The lowest BCUT2D eigenvalue weighted by atomic mass is 9.97. The molecule has 1 aromatic heterocycles. The second kappa shape index (κ2) is 7.82. The summed E-state index contributed by atoms with van der Waals surface area (Å²) in [5.41, 5.74) is 0. The molecule has 0 aromatic carbocycles. The molecule has 0 saturated heterocycles. The molecule has 2 N–H and O–H groups in total. The van der Waals surface area contributed by atoms with Crippen molar-refractivity contribution >= 4 is 11.3 Å². The van der Waals surface area contributed by atoms with Gasteiger partial charge in [0.05, 0.1) is 0 Å². The van der Waals surface area contributed by atoms with Crippen molar-refractivity contribution in [3.8, 4) is 0 Å². The second-order valence-corrected chi connectivity index (χ2v) is 5.51. The average Bonchev–Trinajstić information content (AvgIpc) is 2.81. The Morgan fingerprint density at radius 2 is 2.24 bits per heavy atom. The predicted octanol–water partition coefficient (Wildman–Crippen LogP) is 2.43. The maximum atomic E-state index is 10.3. The summed E-state index contributed by atoms with van der Waals surface area (Å²) < 4.78 is 5.02. The summed E-state index contributed by atoms with van der Waals surface area (Å²) in [4.78, 5) is 1.03. The molecule has 3 nitrogen and oxygen atoms in total. The van der Waals surface area contributed by atoms with Gasteiger partial charge in [-0.15, -0.1) is 11.3 Å². The minimum absolute atomic E-state index is 0.102. The van der Waals surface area contributed by atoms with Gasteiger partial charge in [-0.3, -0.25) is 0 Å². The number of methoxy groups -OCH3 is 1. The summed E-state index contributed by atoms with van der Waals surface area (Å²) in [6, 6.07) is 4.07. The molecule has 0 aliphatic rings. The highest BCUT2D eigenvalue weighted by atomic mass is 32.1. The largest absolute Gasteiger partial charge is 0.386 e. The topological polar surface area (TPSA) is 41.5 Å². The summed E-state index contributed by atoms with van der Waals surface area (Å²) >= 11 is 1.61. The highest BCUT2D eigenvalue weighted by Crippen LogP contribution is 2.25. The normalized spacial score (nSPS) is 15.1. The molecule has 17 heavy (non-hydrogen) atoms. The SMILES string of the molecule is COCCCNC(C(C)C)C(O)c1cccs1. The molecule has 0 aliphatic heterocycles. The molecule has 1 aromatic rings. The van der Waals surface area contributed by atoms with Gasteiger partial charge in [-0.05, 0) is 30.3 Å². The molecule has 98 valence electrons. The molecule has 0 bridgehead atoms. The molecule has 2 unspecified atom stereocenters. The van der Waals surface area contributed by atoms with Crippen LogP contribution in [0, 0.1) is 5.92 Å². The smallest absolute Gasteiger partial charge is 0.104 e. The second-order valence-electron chi connectivity index (χ2n) is 4.53. The van der Waals surface area contributed by atoms with Gasteiger partial charge in [-0.1, -0.05) is 19.9 Å². The van der Waals surface area contributed by atoms with E-state index >= 15 is 0 Å². The van der Waals surface area contributed by atoms with E-state index in [0.29, 0.717) is 5.92 Å². The first-order valence-corrected chi connectivity index (χ1v) is 6.98. The number of rotatable bonds is 8. The molecule has 0 spiro atoms. The van der Waals surface area contributed by atoms with E-state index in [1.54, 1.807) is 18.4 Å². The van der Waals surface area contributed by atoms with Gasteiger partial charge >= 0.3 is 0 Å². The Morgan fingerprint density at radius 3 is 2.76 bits per heavy atom. The Kier molecular flexibility index (Phi) is 6.73. The third kappa shape index (κ3) is 4.76. The third-order valence-electron chi connectivity index (χ3n) is 2.80. The number of nitrogens with one attached hydrogen (secondary N) is 1. The Hall–Kier alpha value is -0.420. The Labute approximate surface area is 108 Å². The van der Waals surface area contributed by atoms with Gasteiger partial charge in [0.15, 0.2) is 0 Å². The Bertz CT molecular complexity index is 288. The zero-order valence-corrected chi connectivity index (χ0v) is 11.7. The molecule has 4 heteroatoms. The molecular formula is C13H23NO2S. The predicted molar refractivity (Wildman–Crippen MR) is 72.4 cm³/mol. The summed E-state index contributed by atoms with van der Waals surface area (Å²) in [6.07, 6.45) is 0.550. The Morgan fingerprint density at radius 1 is 1.47 bits per heavy atom. The lowest BCUT2D eigenvalue weighted by Gasteiger charge is -2.27. The maximum Gasteiger partial charge on any atom is 0.104 e. The van der Waals surface area contributed by atoms with E-state index in [1.165, 1.54) is 0 Å². The van der Waals surface area contributed by atoms with Crippen molar-refractivity contribution in [1.82, 2.24) is 5.32 Å². The van der Waals surface area contributed by atoms with Crippen LogP contribution in [0.25, 0.3) is 0 Å². The average molecular weight is 257 g/mol. The Balaban J connectivity index is 2.48. The third-order valence-corrected chi connectivity index (χ3v) is 3.74. The number of aliphatic hydroxyl groups excluding tert-OH is 1. The molecule has 1 heterocycles. The quantitative estimate of drug-likeness (QED) is 0.703. The van der Waals surface area contributed by atoms with Crippen molar-refractivity contribution < 1.29 is 9.84 Å². The van der Waals surface area contributed by atoms with Crippen LogP contribution in [-0.4, -0.2) is 31.4 Å². The fourth-order valence-corrected chi connectivity index (χ4v) is 2.59.